The van der Waals surface area contributed by atoms with Gasteiger partial charge in [0.05, 0.1) is 9.79 Å². The Hall–Kier alpha value is -2.84. The quantitative estimate of drug-likeness (QED) is 0.0499. The van der Waals surface area contributed by atoms with Crippen molar-refractivity contribution in [3.05, 3.63) is 96.1 Å². The Labute approximate surface area is 345 Å². The molecule has 4 rings (SSSR count). The first-order chi connectivity index (χ1) is 24.8. The number of benzene rings is 4. The molecule has 0 fully saturated rings. The van der Waals surface area contributed by atoms with E-state index in [1.807, 2.05) is 6.07 Å². The molecule has 0 saturated carbocycles. The molecule has 0 aliphatic heterocycles. The zero-order chi connectivity index (χ0) is 38.0. The van der Waals surface area contributed by atoms with Crippen molar-refractivity contribution in [3.8, 4) is 34.5 Å². The van der Waals surface area contributed by atoms with Gasteiger partial charge in [-0.3, -0.25) is 4.55 Å². The molecule has 0 aliphatic carbocycles. The van der Waals surface area contributed by atoms with Gasteiger partial charge in [0, 0.05) is 12.1 Å². The number of rotatable bonds is 20. The van der Waals surface area contributed by atoms with Crippen LogP contribution < -0.4 is 14.6 Å². The van der Waals surface area contributed by atoms with Crippen LogP contribution in [0.1, 0.15) is 102 Å². The first-order valence-electron chi connectivity index (χ1n) is 17.9. The summed E-state index contributed by atoms with van der Waals surface area (Å²) in [6.45, 7) is 4.37. The van der Waals surface area contributed by atoms with E-state index in [0.29, 0.717) is 11.5 Å². The second-order valence-electron chi connectivity index (χ2n) is 12.7. The monoisotopic (exact) mass is 794 g/mol. The largest absolute Gasteiger partial charge is 2.00 e. The van der Waals surface area contributed by atoms with Crippen LogP contribution in [0.3, 0.4) is 0 Å². The predicted octanol–water partition coefficient (Wildman–Crippen LogP) is 9.31. The Morgan fingerprint density at radius 3 is 1.55 bits per heavy atom. The summed E-state index contributed by atoms with van der Waals surface area (Å²) >= 11 is 0. The molecule has 0 aromatic heterocycles. The van der Waals surface area contributed by atoms with Gasteiger partial charge in [0.1, 0.15) is 38.9 Å². The van der Waals surface area contributed by atoms with Crippen molar-refractivity contribution in [2.24, 2.45) is 0 Å². The minimum absolute atomic E-state index is 0. The van der Waals surface area contributed by atoms with E-state index >= 15 is 0 Å². The molecule has 13 heteroatoms. The molecule has 0 heterocycles. The topological polar surface area (TPSA) is 173 Å². The van der Waals surface area contributed by atoms with Gasteiger partial charge in [-0.15, -0.1) is 5.75 Å². The van der Waals surface area contributed by atoms with Crippen molar-refractivity contribution < 1.29 is 45.6 Å². The molecule has 284 valence electrons. The zero-order valence-electron chi connectivity index (χ0n) is 30.7. The van der Waals surface area contributed by atoms with Gasteiger partial charge in [-0.25, -0.2) is 8.42 Å². The first-order valence-corrected chi connectivity index (χ1v) is 20.8. The van der Waals surface area contributed by atoms with Crippen LogP contribution in [-0.4, -0.2) is 68.8 Å². The summed E-state index contributed by atoms with van der Waals surface area (Å²) in [5.74, 6) is 1.31. The van der Waals surface area contributed by atoms with Crippen molar-refractivity contribution in [1.82, 2.24) is 0 Å². The molecular formula is C40H50CaO10S2. The maximum Gasteiger partial charge on any atom is 2.00 e. The van der Waals surface area contributed by atoms with Crippen LogP contribution in [0.5, 0.6) is 34.5 Å². The number of aromatic hydroxyl groups is 1. The fourth-order valence-electron chi connectivity index (χ4n) is 5.52. The van der Waals surface area contributed by atoms with Crippen LogP contribution >= 0.6 is 0 Å². The van der Waals surface area contributed by atoms with E-state index in [2.05, 4.69) is 13.8 Å². The number of ether oxygens (including phenoxy) is 2. The molecule has 0 aliphatic rings. The molecule has 0 saturated heterocycles. The predicted molar refractivity (Wildman–Crippen MR) is 205 cm³/mol. The van der Waals surface area contributed by atoms with E-state index < -0.39 is 20.2 Å². The van der Waals surface area contributed by atoms with Crippen LogP contribution in [-0.2, 0) is 33.1 Å². The summed E-state index contributed by atoms with van der Waals surface area (Å²) in [6.07, 6.45) is 15.7. The van der Waals surface area contributed by atoms with Crippen LogP contribution in [0.25, 0.3) is 0 Å². The van der Waals surface area contributed by atoms with Crippen molar-refractivity contribution >= 4 is 58.0 Å². The summed E-state index contributed by atoms with van der Waals surface area (Å²) in [4.78, 5) is -0.585. The van der Waals surface area contributed by atoms with E-state index in [0.717, 1.165) is 49.7 Å². The third-order valence-corrected chi connectivity index (χ3v) is 10.0. The van der Waals surface area contributed by atoms with Gasteiger partial charge in [-0.1, -0.05) is 108 Å². The fraction of sp³-hybridized carbons (Fsp3) is 0.400. The van der Waals surface area contributed by atoms with Gasteiger partial charge in [0.2, 0.25) is 0 Å². The smallest absolute Gasteiger partial charge is 0.872 e. The summed E-state index contributed by atoms with van der Waals surface area (Å²) in [5.41, 5.74) is 1.85. The van der Waals surface area contributed by atoms with Crippen molar-refractivity contribution in [1.29, 1.82) is 0 Å². The molecule has 4 aromatic carbocycles. The molecule has 0 amide bonds. The summed E-state index contributed by atoms with van der Waals surface area (Å²) in [5, 5.41) is 21.4. The van der Waals surface area contributed by atoms with Gasteiger partial charge < -0.3 is 24.2 Å². The fourth-order valence-corrected chi connectivity index (χ4v) is 6.54. The average Bonchev–Trinajstić information content (AvgIpc) is 3.09. The third-order valence-electron chi connectivity index (χ3n) is 8.34. The minimum Gasteiger partial charge on any atom is -0.872 e. The standard InChI is InChI=1S/2C20H26O5S.Ca/c2*1-2-3-4-5-6-7-9-16-12-13-17(21)14-20(16)25-18-10-8-11-19(15-18)26(22,23)24;/h2*8,10-15,21H,2-7,9H2,1H3,(H,22,23,24);/q;;+2/p-2. The van der Waals surface area contributed by atoms with Crippen LogP contribution in [0.2, 0.25) is 0 Å². The molecule has 4 aromatic rings. The number of unbranched alkanes of at least 4 members (excludes halogenated alkanes) is 10. The van der Waals surface area contributed by atoms with E-state index in [9.17, 15) is 31.6 Å². The van der Waals surface area contributed by atoms with Gasteiger partial charge >= 0.3 is 37.7 Å². The third kappa shape index (κ3) is 17.4. The van der Waals surface area contributed by atoms with Crippen molar-refractivity contribution in [2.45, 2.75) is 114 Å². The van der Waals surface area contributed by atoms with Crippen LogP contribution in [0.15, 0.2) is 94.7 Å². The Balaban J connectivity index is 0.000000360. The number of phenols is 1. The van der Waals surface area contributed by atoms with Gasteiger partial charge in [-0.05, 0) is 79.3 Å². The normalized spacial score (nSPS) is 11.2. The van der Waals surface area contributed by atoms with E-state index in [1.54, 1.807) is 24.3 Å². The molecule has 0 unspecified atom stereocenters. The molecule has 10 nitrogen and oxygen atoms in total. The second-order valence-corrected chi connectivity index (χ2v) is 15.5. The molecule has 53 heavy (non-hydrogen) atoms. The number of hydrogen-bond donors (Lipinski definition) is 2. The average molecular weight is 795 g/mol. The molecule has 0 radical (unpaired) electrons. The molecular weight excluding hydrogens is 745 g/mol. The molecule has 2 N–H and O–H groups in total. The van der Waals surface area contributed by atoms with Gasteiger partial charge in [0.15, 0.2) is 0 Å². The number of hydrogen-bond acceptors (Lipinski definition) is 9. The maximum atomic E-state index is 11.7. The van der Waals surface area contributed by atoms with E-state index in [-0.39, 0.29) is 70.5 Å². The van der Waals surface area contributed by atoms with Crippen molar-refractivity contribution in [3.63, 3.8) is 0 Å². The van der Waals surface area contributed by atoms with E-state index in [1.165, 1.54) is 106 Å². The Bertz CT molecular complexity index is 1780. The van der Waals surface area contributed by atoms with Gasteiger partial charge in [0.25, 0.3) is 10.1 Å². The van der Waals surface area contributed by atoms with Crippen LogP contribution in [0.4, 0.5) is 0 Å². The Morgan fingerprint density at radius 2 is 1.04 bits per heavy atom. The Kier molecular flexibility index (Phi) is 20.8. The number of phenolic OH excluding ortho intramolecular Hbond substituents is 1. The SMILES string of the molecule is CCCCCCCCc1ccc(O)cc1Oc1cccc(S(=O)(=O)O)c1.CCCCCCCCc1ccc([O-])cc1Oc1cccc(S(=O)(=O)[O-])c1.[Ca+2]. The summed E-state index contributed by atoms with van der Waals surface area (Å²) in [7, 11) is -8.84. The number of aryl methyl sites for hydroxylation is 2. The first kappa shape index (κ1) is 46.3. The Morgan fingerprint density at radius 1 is 0.585 bits per heavy atom. The zero-order valence-corrected chi connectivity index (χ0v) is 34.5. The molecule has 0 bridgehead atoms. The molecule has 0 atom stereocenters. The molecule has 0 spiro atoms. The second kappa shape index (κ2) is 23.8. The van der Waals surface area contributed by atoms with Crippen molar-refractivity contribution in [2.75, 3.05) is 0 Å². The van der Waals surface area contributed by atoms with E-state index in [4.69, 9.17) is 14.0 Å². The maximum absolute atomic E-state index is 11.7. The summed E-state index contributed by atoms with van der Waals surface area (Å²) in [6, 6.07) is 20.6. The summed E-state index contributed by atoms with van der Waals surface area (Å²) < 4.78 is 76.6. The van der Waals surface area contributed by atoms with Gasteiger partial charge in [-0.2, -0.15) is 8.42 Å². The minimum atomic E-state index is -4.55. The van der Waals surface area contributed by atoms with Crippen LogP contribution in [0, 0.1) is 0 Å².